The molecule has 104 valence electrons. The van der Waals surface area contributed by atoms with E-state index in [0.717, 1.165) is 0 Å². The van der Waals surface area contributed by atoms with Gasteiger partial charge in [-0.05, 0) is 26.1 Å². The minimum atomic E-state index is -0.535. The first-order chi connectivity index (χ1) is 8.82. The van der Waals surface area contributed by atoms with E-state index < -0.39 is 11.9 Å². The van der Waals surface area contributed by atoms with Crippen LogP contribution in [-0.2, 0) is 9.59 Å². The molecule has 0 fully saturated rings. The van der Waals surface area contributed by atoms with Gasteiger partial charge in [0.1, 0.15) is 0 Å². The van der Waals surface area contributed by atoms with Gasteiger partial charge in [-0.2, -0.15) is 0 Å². The molecule has 0 aliphatic heterocycles. The molecule has 1 aromatic carbocycles. The lowest BCUT2D eigenvalue weighted by Crippen LogP contribution is -2.43. The molecule has 0 aromatic heterocycles. The molecule has 0 radical (unpaired) electrons. The van der Waals surface area contributed by atoms with Crippen molar-refractivity contribution in [3.8, 4) is 0 Å². The highest BCUT2D eigenvalue weighted by atomic mass is 35.5. The van der Waals surface area contributed by atoms with E-state index in [1.807, 2.05) is 0 Å². The van der Waals surface area contributed by atoms with E-state index in [1.165, 1.54) is 4.90 Å². The van der Waals surface area contributed by atoms with Gasteiger partial charge in [-0.15, -0.1) is 0 Å². The number of carbonyl (C=O) groups excluding carboxylic acids is 2. The Morgan fingerprint density at radius 2 is 1.89 bits per heavy atom. The van der Waals surface area contributed by atoms with Gasteiger partial charge in [0, 0.05) is 0 Å². The lowest BCUT2D eigenvalue weighted by Gasteiger charge is -2.21. The number of nitrogens with one attached hydrogen (secondary N) is 1. The highest BCUT2D eigenvalue weighted by Gasteiger charge is 2.18. The van der Waals surface area contributed by atoms with Crippen molar-refractivity contribution in [2.75, 3.05) is 18.9 Å². The average molecular weight is 304 g/mol. The zero-order chi connectivity index (χ0) is 14.6. The lowest BCUT2D eigenvalue weighted by atomic mass is 10.2. The first-order valence-corrected chi connectivity index (χ1v) is 6.32. The van der Waals surface area contributed by atoms with Crippen molar-refractivity contribution in [3.63, 3.8) is 0 Å². The van der Waals surface area contributed by atoms with Gasteiger partial charge in [-0.3, -0.25) is 14.5 Å². The SMILES string of the molecule is C[C@H](C(N)=O)N(C)CC(=O)Nc1c(Cl)cccc1Cl. The molecule has 0 spiro atoms. The summed E-state index contributed by atoms with van der Waals surface area (Å²) in [5.74, 6) is -0.823. The number of halogens is 2. The molecule has 1 atom stereocenters. The smallest absolute Gasteiger partial charge is 0.238 e. The van der Waals surface area contributed by atoms with Crippen LogP contribution in [0, 0.1) is 0 Å². The van der Waals surface area contributed by atoms with Crippen LogP contribution in [0.15, 0.2) is 18.2 Å². The van der Waals surface area contributed by atoms with Crippen molar-refractivity contribution >= 4 is 40.7 Å². The van der Waals surface area contributed by atoms with E-state index >= 15 is 0 Å². The summed E-state index contributed by atoms with van der Waals surface area (Å²) in [5.41, 5.74) is 5.52. The van der Waals surface area contributed by atoms with Crippen LogP contribution in [0.25, 0.3) is 0 Å². The molecule has 0 bridgehead atoms. The fourth-order valence-electron chi connectivity index (χ4n) is 1.38. The third-order valence-corrected chi connectivity index (χ3v) is 3.32. The number of carbonyl (C=O) groups is 2. The van der Waals surface area contributed by atoms with Gasteiger partial charge < -0.3 is 11.1 Å². The van der Waals surface area contributed by atoms with E-state index in [4.69, 9.17) is 28.9 Å². The summed E-state index contributed by atoms with van der Waals surface area (Å²) in [6.45, 7) is 1.63. The first kappa shape index (κ1) is 15.8. The molecule has 0 aliphatic rings. The molecular formula is C12H15Cl2N3O2. The van der Waals surface area contributed by atoms with Crippen molar-refractivity contribution in [1.82, 2.24) is 4.90 Å². The number of hydrogen-bond donors (Lipinski definition) is 2. The minimum absolute atomic E-state index is 0.00561. The van der Waals surface area contributed by atoms with Crippen LogP contribution in [-0.4, -0.2) is 36.3 Å². The standard InChI is InChI=1S/C12H15Cl2N3O2/c1-7(12(15)19)17(2)6-10(18)16-11-8(13)4-3-5-9(11)14/h3-5,7H,6H2,1-2H3,(H2,15,19)(H,16,18)/t7-/m1/s1. The first-order valence-electron chi connectivity index (χ1n) is 5.56. The van der Waals surface area contributed by atoms with E-state index in [2.05, 4.69) is 5.32 Å². The van der Waals surface area contributed by atoms with Gasteiger partial charge in [0.15, 0.2) is 0 Å². The monoisotopic (exact) mass is 303 g/mol. The van der Waals surface area contributed by atoms with Crippen LogP contribution in [0.2, 0.25) is 10.0 Å². The number of benzene rings is 1. The van der Waals surface area contributed by atoms with Gasteiger partial charge >= 0.3 is 0 Å². The molecule has 2 amide bonds. The summed E-state index contributed by atoms with van der Waals surface area (Å²) in [6, 6.07) is 4.40. The second-order valence-electron chi connectivity index (χ2n) is 4.14. The second-order valence-corrected chi connectivity index (χ2v) is 4.95. The zero-order valence-electron chi connectivity index (χ0n) is 10.6. The van der Waals surface area contributed by atoms with E-state index in [-0.39, 0.29) is 12.5 Å². The molecule has 5 nitrogen and oxygen atoms in total. The Morgan fingerprint density at radius 3 is 2.37 bits per heavy atom. The number of amides is 2. The number of primary amides is 1. The largest absolute Gasteiger partial charge is 0.368 e. The molecule has 3 N–H and O–H groups in total. The van der Waals surface area contributed by atoms with Gasteiger partial charge in [0.25, 0.3) is 0 Å². The molecule has 0 heterocycles. The van der Waals surface area contributed by atoms with Crippen LogP contribution in [0.5, 0.6) is 0 Å². The third-order valence-electron chi connectivity index (χ3n) is 2.69. The maximum atomic E-state index is 11.8. The van der Waals surface area contributed by atoms with Crippen LogP contribution >= 0.6 is 23.2 Å². The fraction of sp³-hybridized carbons (Fsp3) is 0.333. The number of likely N-dealkylation sites (N-methyl/N-ethyl adjacent to an activating group) is 1. The van der Waals surface area contributed by atoms with Gasteiger partial charge in [-0.1, -0.05) is 29.3 Å². The highest BCUT2D eigenvalue weighted by Crippen LogP contribution is 2.29. The molecule has 7 heteroatoms. The lowest BCUT2D eigenvalue weighted by molar-refractivity contribution is -0.123. The molecular weight excluding hydrogens is 289 g/mol. The summed E-state index contributed by atoms with van der Waals surface area (Å²) >= 11 is 11.9. The third kappa shape index (κ3) is 4.38. The highest BCUT2D eigenvalue weighted by molar-refractivity contribution is 6.39. The van der Waals surface area contributed by atoms with Crippen LogP contribution in [0.4, 0.5) is 5.69 Å². The van der Waals surface area contributed by atoms with Gasteiger partial charge in [0.2, 0.25) is 11.8 Å². The summed E-state index contributed by atoms with van der Waals surface area (Å²) < 4.78 is 0. The summed E-state index contributed by atoms with van der Waals surface area (Å²) in [4.78, 5) is 24.4. The Morgan fingerprint density at radius 1 is 1.37 bits per heavy atom. The maximum Gasteiger partial charge on any atom is 0.238 e. The number of nitrogens with zero attached hydrogens (tertiary/aromatic N) is 1. The van der Waals surface area contributed by atoms with Gasteiger partial charge in [0.05, 0.1) is 28.3 Å². The summed E-state index contributed by atoms with van der Waals surface area (Å²) in [7, 11) is 1.63. The number of rotatable bonds is 5. The maximum absolute atomic E-state index is 11.8. The Hall–Kier alpha value is -1.30. The summed E-state index contributed by atoms with van der Waals surface area (Å²) in [6.07, 6.45) is 0. The Labute approximate surface area is 121 Å². The minimum Gasteiger partial charge on any atom is -0.368 e. The van der Waals surface area contributed by atoms with E-state index in [9.17, 15) is 9.59 Å². The van der Waals surface area contributed by atoms with Crippen molar-refractivity contribution in [3.05, 3.63) is 28.2 Å². The number of para-hydroxylation sites is 1. The molecule has 0 unspecified atom stereocenters. The van der Waals surface area contributed by atoms with Crippen molar-refractivity contribution < 1.29 is 9.59 Å². The Balaban J connectivity index is 2.68. The van der Waals surface area contributed by atoms with Crippen LogP contribution in [0.1, 0.15) is 6.92 Å². The molecule has 0 saturated carbocycles. The number of hydrogen-bond acceptors (Lipinski definition) is 3. The fourth-order valence-corrected chi connectivity index (χ4v) is 1.87. The second kappa shape index (κ2) is 6.75. The summed E-state index contributed by atoms with van der Waals surface area (Å²) in [5, 5.41) is 3.31. The number of nitrogens with two attached hydrogens (primary N) is 1. The zero-order valence-corrected chi connectivity index (χ0v) is 12.1. The van der Waals surface area contributed by atoms with Gasteiger partial charge in [-0.25, -0.2) is 0 Å². The topological polar surface area (TPSA) is 75.4 Å². The quantitative estimate of drug-likeness (QED) is 0.870. The molecule has 0 saturated heterocycles. The predicted molar refractivity (Wildman–Crippen MR) is 76.4 cm³/mol. The van der Waals surface area contributed by atoms with Crippen LogP contribution in [0.3, 0.4) is 0 Å². The Bertz CT molecular complexity index is 474. The van der Waals surface area contributed by atoms with Crippen molar-refractivity contribution in [2.24, 2.45) is 5.73 Å². The molecule has 19 heavy (non-hydrogen) atoms. The van der Waals surface area contributed by atoms with Crippen molar-refractivity contribution in [1.29, 1.82) is 0 Å². The molecule has 1 rings (SSSR count). The van der Waals surface area contributed by atoms with E-state index in [0.29, 0.717) is 15.7 Å². The normalized spacial score (nSPS) is 12.3. The number of anilines is 1. The van der Waals surface area contributed by atoms with Crippen molar-refractivity contribution in [2.45, 2.75) is 13.0 Å². The van der Waals surface area contributed by atoms with Crippen LogP contribution < -0.4 is 11.1 Å². The molecule has 0 aliphatic carbocycles. The average Bonchev–Trinajstić information content (AvgIpc) is 2.32. The Kier molecular flexibility index (Phi) is 5.60. The predicted octanol–water partition coefficient (Wildman–Crippen LogP) is 1.74. The molecule has 1 aromatic rings. The van der Waals surface area contributed by atoms with E-state index in [1.54, 1.807) is 32.2 Å².